The van der Waals surface area contributed by atoms with Gasteiger partial charge < -0.3 is 0 Å². The van der Waals surface area contributed by atoms with Crippen LogP contribution >= 0.6 is 0 Å². The van der Waals surface area contributed by atoms with E-state index in [0.717, 1.165) is 12.3 Å². The van der Waals surface area contributed by atoms with Crippen LogP contribution in [0.25, 0.3) is 0 Å². The lowest BCUT2D eigenvalue weighted by Crippen LogP contribution is -2.38. The lowest BCUT2D eigenvalue weighted by molar-refractivity contribution is 0.472. The highest BCUT2D eigenvalue weighted by Crippen LogP contribution is 2.33. The fourth-order valence-electron chi connectivity index (χ4n) is 1.63. The molecule has 1 aromatic rings. The molecule has 1 fully saturated rings. The number of hydrogen-bond donors (Lipinski definition) is 2. The van der Waals surface area contributed by atoms with Gasteiger partial charge >= 0.3 is 0 Å². The summed E-state index contributed by atoms with van der Waals surface area (Å²) in [5, 5.41) is 0. The van der Waals surface area contributed by atoms with Crippen LogP contribution in [0.5, 0.6) is 0 Å². The summed E-state index contributed by atoms with van der Waals surface area (Å²) >= 11 is 0. The molecule has 0 radical (unpaired) electrons. The second-order valence-corrected chi connectivity index (χ2v) is 3.67. The van der Waals surface area contributed by atoms with Crippen LogP contribution in [0.2, 0.25) is 0 Å². The zero-order valence-corrected chi connectivity index (χ0v) is 7.61. The molecule has 13 heavy (non-hydrogen) atoms. The van der Waals surface area contributed by atoms with Gasteiger partial charge in [-0.2, -0.15) is 0 Å². The fraction of sp³-hybridized carbons (Fsp3) is 0.500. The summed E-state index contributed by atoms with van der Waals surface area (Å²) in [6, 6.07) is 4.54. The molecular weight excluding hydrogens is 162 g/mol. The Morgan fingerprint density at radius 3 is 2.69 bits per heavy atom. The Balaban J connectivity index is 1.95. The van der Waals surface area contributed by atoms with Crippen molar-refractivity contribution in [2.24, 2.45) is 11.8 Å². The Labute approximate surface area is 78.3 Å². The molecule has 70 valence electrons. The molecule has 0 aliphatic heterocycles. The summed E-state index contributed by atoms with van der Waals surface area (Å²) in [7, 11) is 0. The number of hydrogen-bond acceptors (Lipinski definition) is 3. The van der Waals surface area contributed by atoms with Gasteiger partial charge in [0.15, 0.2) is 0 Å². The van der Waals surface area contributed by atoms with Crippen molar-refractivity contribution in [3.8, 4) is 0 Å². The first-order chi connectivity index (χ1) is 6.40. The van der Waals surface area contributed by atoms with Crippen molar-refractivity contribution in [2.75, 3.05) is 0 Å². The topological polar surface area (TPSA) is 50.9 Å². The van der Waals surface area contributed by atoms with Crippen molar-refractivity contribution in [3.63, 3.8) is 0 Å². The van der Waals surface area contributed by atoms with E-state index in [1.54, 1.807) is 0 Å². The number of hydrazine groups is 1. The Morgan fingerprint density at radius 1 is 1.46 bits per heavy atom. The largest absolute Gasteiger partial charge is 0.271 e. The maximum absolute atomic E-state index is 5.50. The highest BCUT2D eigenvalue weighted by Gasteiger charge is 2.30. The first-order valence-corrected chi connectivity index (χ1v) is 4.75. The fourth-order valence-corrected chi connectivity index (χ4v) is 1.63. The van der Waals surface area contributed by atoms with Gasteiger partial charge in [-0.1, -0.05) is 0 Å². The standard InChI is InChI=1S/C10H15N3/c11-13-10(9-1-2-9)7-8-3-5-12-6-4-8/h3-6,9-10,13H,1-2,7,11H2. The van der Waals surface area contributed by atoms with Gasteiger partial charge in [-0.05, 0) is 42.9 Å². The van der Waals surface area contributed by atoms with Gasteiger partial charge in [0.25, 0.3) is 0 Å². The summed E-state index contributed by atoms with van der Waals surface area (Å²) < 4.78 is 0. The van der Waals surface area contributed by atoms with Gasteiger partial charge in [0.2, 0.25) is 0 Å². The number of nitrogens with zero attached hydrogens (tertiary/aromatic N) is 1. The van der Waals surface area contributed by atoms with Crippen LogP contribution in [-0.2, 0) is 6.42 Å². The molecule has 0 spiro atoms. The van der Waals surface area contributed by atoms with Crippen LogP contribution < -0.4 is 11.3 Å². The summed E-state index contributed by atoms with van der Waals surface area (Å²) in [4.78, 5) is 3.99. The van der Waals surface area contributed by atoms with Gasteiger partial charge in [-0.3, -0.25) is 16.3 Å². The van der Waals surface area contributed by atoms with Crippen LogP contribution in [0.1, 0.15) is 18.4 Å². The van der Waals surface area contributed by atoms with E-state index in [-0.39, 0.29) is 0 Å². The number of rotatable bonds is 4. The molecule has 1 unspecified atom stereocenters. The van der Waals surface area contributed by atoms with E-state index < -0.39 is 0 Å². The Kier molecular flexibility index (Phi) is 2.57. The van der Waals surface area contributed by atoms with Gasteiger partial charge in [0, 0.05) is 18.4 Å². The SMILES string of the molecule is NNC(Cc1ccncc1)C1CC1. The Morgan fingerprint density at radius 2 is 2.15 bits per heavy atom. The third-order valence-electron chi connectivity index (χ3n) is 2.61. The second-order valence-electron chi connectivity index (χ2n) is 3.67. The Hall–Kier alpha value is -0.930. The molecule has 1 atom stereocenters. The van der Waals surface area contributed by atoms with Crippen molar-refractivity contribution in [1.29, 1.82) is 0 Å². The van der Waals surface area contributed by atoms with E-state index in [9.17, 15) is 0 Å². The van der Waals surface area contributed by atoms with Crippen LogP contribution in [-0.4, -0.2) is 11.0 Å². The molecule has 0 saturated heterocycles. The maximum atomic E-state index is 5.50. The molecule has 2 rings (SSSR count). The van der Waals surface area contributed by atoms with Crippen LogP contribution in [0, 0.1) is 5.92 Å². The van der Waals surface area contributed by atoms with Gasteiger partial charge in [-0.15, -0.1) is 0 Å². The van der Waals surface area contributed by atoms with Crippen molar-refractivity contribution in [2.45, 2.75) is 25.3 Å². The quantitative estimate of drug-likeness (QED) is 0.530. The average molecular weight is 177 g/mol. The predicted octanol–water partition coefficient (Wildman–Crippen LogP) is 0.866. The molecule has 0 aromatic carbocycles. The lowest BCUT2D eigenvalue weighted by atomic mass is 10.0. The minimum atomic E-state index is 0.447. The third kappa shape index (κ3) is 2.26. The van der Waals surface area contributed by atoms with Crippen molar-refractivity contribution >= 4 is 0 Å². The molecule has 1 aliphatic carbocycles. The molecule has 1 saturated carbocycles. The van der Waals surface area contributed by atoms with Gasteiger partial charge in [0.1, 0.15) is 0 Å². The van der Waals surface area contributed by atoms with E-state index in [1.165, 1.54) is 18.4 Å². The number of aromatic nitrogens is 1. The zero-order valence-electron chi connectivity index (χ0n) is 7.61. The summed E-state index contributed by atoms with van der Waals surface area (Å²) in [6.45, 7) is 0. The van der Waals surface area contributed by atoms with E-state index >= 15 is 0 Å². The van der Waals surface area contributed by atoms with E-state index in [0.29, 0.717) is 6.04 Å². The van der Waals surface area contributed by atoms with E-state index in [1.807, 2.05) is 24.5 Å². The minimum Gasteiger partial charge on any atom is -0.271 e. The van der Waals surface area contributed by atoms with Gasteiger partial charge in [-0.25, -0.2) is 0 Å². The molecular formula is C10H15N3. The van der Waals surface area contributed by atoms with Crippen molar-refractivity contribution in [1.82, 2.24) is 10.4 Å². The molecule has 3 nitrogen and oxygen atoms in total. The highest BCUT2D eigenvalue weighted by molar-refractivity contribution is 5.12. The normalized spacial score (nSPS) is 18.5. The molecule has 1 aliphatic rings. The van der Waals surface area contributed by atoms with E-state index in [4.69, 9.17) is 5.84 Å². The molecule has 1 aromatic heterocycles. The maximum Gasteiger partial charge on any atom is 0.0279 e. The summed E-state index contributed by atoms with van der Waals surface area (Å²) in [6.07, 6.45) is 7.31. The third-order valence-corrected chi connectivity index (χ3v) is 2.61. The number of pyridine rings is 1. The molecule has 0 bridgehead atoms. The van der Waals surface area contributed by atoms with Crippen LogP contribution in [0.4, 0.5) is 0 Å². The smallest absolute Gasteiger partial charge is 0.0279 e. The molecule has 1 heterocycles. The van der Waals surface area contributed by atoms with E-state index in [2.05, 4.69) is 10.4 Å². The van der Waals surface area contributed by atoms with Gasteiger partial charge in [0.05, 0.1) is 0 Å². The predicted molar refractivity (Wildman–Crippen MR) is 51.8 cm³/mol. The van der Waals surface area contributed by atoms with Crippen molar-refractivity contribution in [3.05, 3.63) is 30.1 Å². The lowest BCUT2D eigenvalue weighted by Gasteiger charge is -2.14. The highest BCUT2D eigenvalue weighted by atomic mass is 15.2. The first-order valence-electron chi connectivity index (χ1n) is 4.75. The summed E-state index contributed by atoms with van der Waals surface area (Å²) in [5.41, 5.74) is 4.20. The minimum absolute atomic E-state index is 0.447. The van der Waals surface area contributed by atoms with Crippen LogP contribution in [0.15, 0.2) is 24.5 Å². The van der Waals surface area contributed by atoms with Crippen LogP contribution in [0.3, 0.4) is 0 Å². The Bertz CT molecular complexity index is 256. The number of nitrogens with one attached hydrogen (secondary N) is 1. The number of nitrogens with two attached hydrogens (primary N) is 1. The van der Waals surface area contributed by atoms with Crippen molar-refractivity contribution < 1.29 is 0 Å². The molecule has 0 amide bonds. The molecule has 3 heteroatoms. The monoisotopic (exact) mass is 177 g/mol. The average Bonchev–Trinajstić information content (AvgIpc) is 2.99. The summed E-state index contributed by atoms with van der Waals surface area (Å²) in [5.74, 6) is 6.29. The first kappa shape index (κ1) is 8.66. The second kappa shape index (κ2) is 3.85. The molecule has 3 N–H and O–H groups in total. The zero-order chi connectivity index (χ0) is 9.10.